The van der Waals surface area contributed by atoms with Gasteiger partial charge >= 0.3 is 5.97 Å². The van der Waals surface area contributed by atoms with Gasteiger partial charge in [-0.1, -0.05) is 26.0 Å². The lowest BCUT2D eigenvalue weighted by atomic mass is 10.1. The molecule has 0 aliphatic rings. The molecule has 0 aliphatic carbocycles. The van der Waals surface area contributed by atoms with E-state index in [4.69, 9.17) is 9.84 Å². The third-order valence-corrected chi connectivity index (χ3v) is 2.30. The van der Waals surface area contributed by atoms with Crippen LogP contribution in [-0.2, 0) is 16.0 Å². The fraction of sp³-hybridized carbons (Fsp3) is 0.500. The highest BCUT2D eigenvalue weighted by atomic mass is 16.5. The number of likely N-dealkylation sites (N-methyl/N-ethyl adjacent to an activating group) is 1. The van der Waals surface area contributed by atoms with Gasteiger partial charge in [-0.15, -0.1) is 0 Å². The summed E-state index contributed by atoms with van der Waals surface area (Å²) in [6.07, 6.45) is 0.551. The molecule has 1 aromatic carbocycles. The van der Waals surface area contributed by atoms with Crippen molar-refractivity contribution in [1.82, 2.24) is 5.32 Å². The first-order valence-corrected chi connectivity index (χ1v) is 6.29. The number of hydrogen-bond donors (Lipinski definition) is 2. The molecule has 1 aromatic rings. The van der Waals surface area contributed by atoms with Crippen LogP contribution in [0.1, 0.15) is 26.3 Å². The molecule has 0 saturated carbocycles. The quantitative estimate of drug-likeness (QED) is 0.789. The number of rotatable bonds is 5. The molecule has 0 heterocycles. The normalized spacial score (nSPS) is 11.1. The summed E-state index contributed by atoms with van der Waals surface area (Å²) in [5.41, 5.74) is 0.977. The van der Waals surface area contributed by atoms with E-state index in [0.717, 1.165) is 5.56 Å². The van der Waals surface area contributed by atoms with Gasteiger partial charge in [0.25, 0.3) is 0 Å². The van der Waals surface area contributed by atoms with Gasteiger partial charge in [0.1, 0.15) is 11.8 Å². The first-order chi connectivity index (χ1) is 8.67. The lowest BCUT2D eigenvalue weighted by Crippen LogP contribution is -2.37. The summed E-state index contributed by atoms with van der Waals surface area (Å²) in [4.78, 5) is 11.5. The fourth-order valence-electron chi connectivity index (χ4n) is 1.41. The number of benzene rings is 1. The summed E-state index contributed by atoms with van der Waals surface area (Å²) in [7, 11) is 1.72. The molecular formula is C14H23NO3. The molecule has 4 heteroatoms. The molecule has 102 valence electrons. The van der Waals surface area contributed by atoms with Crippen molar-refractivity contribution in [3.05, 3.63) is 29.8 Å². The van der Waals surface area contributed by atoms with Crippen LogP contribution in [0.3, 0.4) is 0 Å². The van der Waals surface area contributed by atoms with Gasteiger partial charge in [0.2, 0.25) is 0 Å². The van der Waals surface area contributed by atoms with Crippen LogP contribution < -0.4 is 5.32 Å². The van der Waals surface area contributed by atoms with E-state index < -0.39 is 0 Å². The van der Waals surface area contributed by atoms with Crippen molar-refractivity contribution in [1.29, 1.82) is 0 Å². The van der Waals surface area contributed by atoms with Crippen LogP contribution in [0.4, 0.5) is 0 Å². The first-order valence-electron chi connectivity index (χ1n) is 6.29. The Morgan fingerprint density at radius 3 is 2.33 bits per heavy atom. The number of esters is 1. The first kappa shape index (κ1) is 16.4. The highest BCUT2D eigenvalue weighted by molar-refractivity contribution is 5.76. The number of ether oxygens (including phenoxy) is 1. The third-order valence-electron chi connectivity index (χ3n) is 2.30. The van der Waals surface area contributed by atoms with Crippen LogP contribution in [0.5, 0.6) is 5.75 Å². The summed E-state index contributed by atoms with van der Waals surface area (Å²) in [5.74, 6) is -0.0287. The summed E-state index contributed by atoms with van der Waals surface area (Å²) in [6.45, 7) is 6.16. The number of aromatic hydroxyl groups is 1. The third kappa shape index (κ3) is 5.68. The van der Waals surface area contributed by atoms with E-state index in [1.807, 2.05) is 13.8 Å². The van der Waals surface area contributed by atoms with E-state index in [2.05, 4.69) is 5.32 Å². The minimum atomic E-state index is -0.343. The summed E-state index contributed by atoms with van der Waals surface area (Å²) >= 11 is 0. The predicted molar refractivity (Wildman–Crippen MR) is 72.6 cm³/mol. The predicted octanol–water partition coefficient (Wildman–Crippen LogP) is 2.11. The molecule has 0 saturated heterocycles. The molecule has 4 nitrogen and oxygen atoms in total. The van der Waals surface area contributed by atoms with Gasteiger partial charge in [-0.25, -0.2) is 0 Å². The lowest BCUT2D eigenvalue weighted by molar-refractivity contribution is -0.145. The molecule has 0 aliphatic heterocycles. The molecule has 1 atom stereocenters. The number of phenolic OH excluding ortho intramolecular Hbond substituents is 1. The molecule has 1 rings (SSSR count). The summed E-state index contributed by atoms with van der Waals surface area (Å²) in [5, 5.41) is 12.0. The Labute approximate surface area is 109 Å². The van der Waals surface area contributed by atoms with E-state index in [9.17, 15) is 4.79 Å². The second-order valence-electron chi connectivity index (χ2n) is 3.46. The maximum Gasteiger partial charge on any atom is 0.323 e. The van der Waals surface area contributed by atoms with Crippen LogP contribution >= 0.6 is 0 Å². The minimum Gasteiger partial charge on any atom is -0.508 e. The Bertz CT molecular complexity index is 335. The molecule has 0 aromatic heterocycles. The average Bonchev–Trinajstić information content (AvgIpc) is 2.40. The SMILES string of the molecule is CC.CCOC(=O)C(Cc1ccc(O)cc1)NC. The molecule has 0 spiro atoms. The zero-order valence-electron chi connectivity index (χ0n) is 11.6. The minimum absolute atomic E-state index is 0.223. The molecule has 18 heavy (non-hydrogen) atoms. The van der Waals surface area contributed by atoms with Crippen LogP contribution in [-0.4, -0.2) is 30.8 Å². The second kappa shape index (κ2) is 9.48. The number of nitrogens with one attached hydrogen (secondary N) is 1. The molecular weight excluding hydrogens is 230 g/mol. The Morgan fingerprint density at radius 1 is 1.33 bits per heavy atom. The highest BCUT2D eigenvalue weighted by Crippen LogP contribution is 2.11. The van der Waals surface area contributed by atoms with Gasteiger partial charge < -0.3 is 15.2 Å². The topological polar surface area (TPSA) is 58.6 Å². The molecule has 0 amide bonds. The van der Waals surface area contributed by atoms with Crippen LogP contribution in [0.15, 0.2) is 24.3 Å². The number of hydrogen-bond acceptors (Lipinski definition) is 4. The smallest absolute Gasteiger partial charge is 0.323 e. The number of phenols is 1. The standard InChI is InChI=1S/C12H17NO3.C2H6/c1-3-16-12(15)11(13-2)8-9-4-6-10(14)7-5-9;1-2/h4-7,11,13-14H,3,8H2,1-2H3;1-2H3. The van der Waals surface area contributed by atoms with Crippen LogP contribution in [0.2, 0.25) is 0 Å². The van der Waals surface area contributed by atoms with E-state index in [0.29, 0.717) is 13.0 Å². The number of carbonyl (C=O) groups excluding carboxylic acids is 1. The molecule has 1 unspecified atom stereocenters. The highest BCUT2D eigenvalue weighted by Gasteiger charge is 2.17. The molecule has 2 N–H and O–H groups in total. The molecule has 0 bridgehead atoms. The van der Waals surface area contributed by atoms with Crippen LogP contribution in [0.25, 0.3) is 0 Å². The van der Waals surface area contributed by atoms with Gasteiger partial charge in [-0.3, -0.25) is 4.79 Å². The van der Waals surface area contributed by atoms with Crippen molar-refractivity contribution < 1.29 is 14.6 Å². The van der Waals surface area contributed by atoms with E-state index in [-0.39, 0.29) is 17.8 Å². The maximum atomic E-state index is 11.5. The van der Waals surface area contributed by atoms with Gasteiger partial charge in [0.05, 0.1) is 6.61 Å². The molecule has 0 radical (unpaired) electrons. The largest absolute Gasteiger partial charge is 0.508 e. The Hall–Kier alpha value is -1.55. The van der Waals surface area contributed by atoms with Crippen molar-refractivity contribution in [2.45, 2.75) is 33.2 Å². The lowest BCUT2D eigenvalue weighted by Gasteiger charge is -2.14. The van der Waals surface area contributed by atoms with Crippen molar-refractivity contribution >= 4 is 5.97 Å². The Balaban J connectivity index is 0.00000137. The van der Waals surface area contributed by atoms with Gasteiger partial charge in [-0.05, 0) is 38.1 Å². The van der Waals surface area contributed by atoms with Crippen molar-refractivity contribution in [2.24, 2.45) is 0 Å². The summed E-state index contributed by atoms with van der Waals surface area (Å²) < 4.78 is 4.94. The van der Waals surface area contributed by atoms with E-state index in [1.165, 1.54) is 0 Å². The zero-order chi connectivity index (χ0) is 14.0. The zero-order valence-corrected chi connectivity index (χ0v) is 11.6. The van der Waals surface area contributed by atoms with Gasteiger partial charge in [0.15, 0.2) is 0 Å². The van der Waals surface area contributed by atoms with Gasteiger partial charge in [-0.2, -0.15) is 0 Å². The Morgan fingerprint density at radius 2 is 1.89 bits per heavy atom. The van der Waals surface area contributed by atoms with Crippen molar-refractivity contribution in [3.8, 4) is 5.75 Å². The van der Waals surface area contributed by atoms with Crippen molar-refractivity contribution in [3.63, 3.8) is 0 Å². The molecule has 0 fully saturated rings. The number of carbonyl (C=O) groups is 1. The van der Waals surface area contributed by atoms with Gasteiger partial charge in [0, 0.05) is 0 Å². The Kier molecular flexibility index (Phi) is 8.66. The van der Waals surface area contributed by atoms with E-state index in [1.54, 1.807) is 38.2 Å². The summed E-state index contributed by atoms with van der Waals surface area (Å²) in [6, 6.07) is 6.45. The monoisotopic (exact) mass is 253 g/mol. The second-order valence-corrected chi connectivity index (χ2v) is 3.46. The maximum absolute atomic E-state index is 11.5. The van der Waals surface area contributed by atoms with Crippen LogP contribution in [0, 0.1) is 0 Å². The average molecular weight is 253 g/mol. The fourth-order valence-corrected chi connectivity index (χ4v) is 1.41. The van der Waals surface area contributed by atoms with Crippen molar-refractivity contribution in [2.75, 3.05) is 13.7 Å². The van der Waals surface area contributed by atoms with E-state index >= 15 is 0 Å².